The molecule has 0 unspecified atom stereocenters. The molecule has 0 aliphatic carbocycles. The summed E-state index contributed by atoms with van der Waals surface area (Å²) in [4.78, 5) is 13.7. The molecule has 1 aromatic carbocycles. The lowest BCUT2D eigenvalue weighted by Gasteiger charge is -2.06. The quantitative estimate of drug-likeness (QED) is 0.879. The van der Waals surface area contributed by atoms with Gasteiger partial charge in [-0.15, -0.1) is 11.3 Å². The molecule has 0 fully saturated rings. The van der Waals surface area contributed by atoms with Gasteiger partial charge in [0.2, 0.25) is 0 Å². The number of nitrogens with one attached hydrogen (secondary N) is 1. The first kappa shape index (κ1) is 13.8. The van der Waals surface area contributed by atoms with Crippen LogP contribution >= 0.6 is 11.3 Å². The monoisotopic (exact) mass is 275 g/mol. The largest absolute Gasteiger partial charge is 0.478 e. The fourth-order valence-electron chi connectivity index (χ4n) is 1.94. The van der Waals surface area contributed by atoms with E-state index in [1.54, 1.807) is 23.5 Å². The van der Waals surface area contributed by atoms with Crippen LogP contribution in [0.1, 0.15) is 31.2 Å². The SMILES string of the molecule is Cc1cc(CNCc2ccccc2C(=O)O)sc1C. The number of thiophene rings is 1. The minimum Gasteiger partial charge on any atom is -0.478 e. The highest BCUT2D eigenvalue weighted by atomic mass is 32.1. The molecule has 0 radical (unpaired) electrons. The van der Waals surface area contributed by atoms with Gasteiger partial charge in [0, 0.05) is 22.8 Å². The second-order valence-electron chi connectivity index (χ2n) is 4.52. The Kier molecular flexibility index (Phi) is 4.35. The molecule has 2 rings (SSSR count). The van der Waals surface area contributed by atoms with Crippen molar-refractivity contribution in [1.29, 1.82) is 0 Å². The molecule has 1 heterocycles. The third-order valence-electron chi connectivity index (χ3n) is 3.08. The predicted molar refractivity (Wildman–Crippen MR) is 77.7 cm³/mol. The number of benzene rings is 1. The number of aromatic carboxylic acids is 1. The van der Waals surface area contributed by atoms with Gasteiger partial charge in [-0.2, -0.15) is 0 Å². The lowest BCUT2D eigenvalue weighted by molar-refractivity contribution is 0.0695. The van der Waals surface area contributed by atoms with Crippen LogP contribution in [-0.4, -0.2) is 11.1 Å². The lowest BCUT2D eigenvalue weighted by atomic mass is 10.1. The predicted octanol–water partition coefficient (Wildman–Crippen LogP) is 3.35. The second-order valence-corrected chi connectivity index (χ2v) is 5.86. The van der Waals surface area contributed by atoms with E-state index in [1.807, 2.05) is 12.1 Å². The van der Waals surface area contributed by atoms with Gasteiger partial charge in [-0.05, 0) is 37.1 Å². The van der Waals surface area contributed by atoms with Gasteiger partial charge in [-0.1, -0.05) is 18.2 Å². The van der Waals surface area contributed by atoms with Gasteiger partial charge in [0.05, 0.1) is 5.56 Å². The van der Waals surface area contributed by atoms with Crippen molar-refractivity contribution in [2.45, 2.75) is 26.9 Å². The lowest BCUT2D eigenvalue weighted by Crippen LogP contribution is -2.14. The van der Waals surface area contributed by atoms with Gasteiger partial charge in [-0.3, -0.25) is 0 Å². The van der Waals surface area contributed by atoms with Crippen molar-refractivity contribution < 1.29 is 9.90 Å². The van der Waals surface area contributed by atoms with Crippen LogP contribution < -0.4 is 5.32 Å². The first-order chi connectivity index (χ1) is 9.08. The minimum absolute atomic E-state index is 0.369. The maximum Gasteiger partial charge on any atom is 0.336 e. The number of hydrogen-bond acceptors (Lipinski definition) is 3. The molecule has 0 spiro atoms. The number of carboxylic acid groups (broad SMARTS) is 1. The molecular weight excluding hydrogens is 258 g/mol. The minimum atomic E-state index is -0.875. The first-order valence-corrected chi connectivity index (χ1v) is 6.97. The molecule has 0 atom stereocenters. The maximum absolute atomic E-state index is 11.1. The van der Waals surface area contributed by atoms with E-state index in [1.165, 1.54) is 15.3 Å². The van der Waals surface area contributed by atoms with Gasteiger partial charge in [0.25, 0.3) is 0 Å². The fraction of sp³-hybridized carbons (Fsp3) is 0.267. The van der Waals surface area contributed by atoms with Crippen LogP contribution in [0.15, 0.2) is 30.3 Å². The smallest absolute Gasteiger partial charge is 0.336 e. The van der Waals surface area contributed by atoms with Crippen LogP contribution in [0.3, 0.4) is 0 Å². The Morgan fingerprint density at radius 1 is 1.26 bits per heavy atom. The molecule has 3 nitrogen and oxygen atoms in total. The Balaban J connectivity index is 1.98. The molecular formula is C15H17NO2S. The topological polar surface area (TPSA) is 49.3 Å². The molecule has 2 N–H and O–H groups in total. The molecule has 1 aromatic heterocycles. The van der Waals surface area contributed by atoms with Crippen LogP contribution in [0.5, 0.6) is 0 Å². The van der Waals surface area contributed by atoms with E-state index in [0.717, 1.165) is 12.1 Å². The van der Waals surface area contributed by atoms with Crippen molar-refractivity contribution in [2.24, 2.45) is 0 Å². The van der Waals surface area contributed by atoms with Crippen LogP contribution in [0.4, 0.5) is 0 Å². The third-order valence-corrected chi connectivity index (χ3v) is 4.23. The van der Waals surface area contributed by atoms with Crippen LogP contribution in [0.2, 0.25) is 0 Å². The van der Waals surface area contributed by atoms with Crippen molar-refractivity contribution in [3.05, 3.63) is 56.8 Å². The molecule has 4 heteroatoms. The molecule has 19 heavy (non-hydrogen) atoms. The molecule has 0 amide bonds. The Hall–Kier alpha value is -1.65. The van der Waals surface area contributed by atoms with E-state index in [4.69, 9.17) is 5.11 Å². The zero-order chi connectivity index (χ0) is 13.8. The van der Waals surface area contributed by atoms with E-state index >= 15 is 0 Å². The molecule has 0 aliphatic heterocycles. The number of carboxylic acids is 1. The van der Waals surface area contributed by atoms with E-state index in [2.05, 4.69) is 25.2 Å². The fourth-order valence-corrected chi connectivity index (χ4v) is 2.96. The second kappa shape index (κ2) is 5.99. The summed E-state index contributed by atoms with van der Waals surface area (Å²) in [5, 5.41) is 12.4. The number of carbonyl (C=O) groups is 1. The molecule has 0 saturated heterocycles. The maximum atomic E-state index is 11.1. The molecule has 0 bridgehead atoms. The van der Waals surface area contributed by atoms with Crippen molar-refractivity contribution in [1.82, 2.24) is 5.32 Å². The van der Waals surface area contributed by atoms with Gasteiger partial charge in [0.1, 0.15) is 0 Å². The summed E-state index contributed by atoms with van der Waals surface area (Å²) in [5.41, 5.74) is 2.50. The van der Waals surface area contributed by atoms with Gasteiger partial charge < -0.3 is 10.4 Å². The Morgan fingerprint density at radius 3 is 2.63 bits per heavy atom. The first-order valence-electron chi connectivity index (χ1n) is 6.15. The molecule has 100 valence electrons. The highest BCUT2D eigenvalue weighted by Crippen LogP contribution is 2.20. The van der Waals surface area contributed by atoms with Crippen molar-refractivity contribution in [3.8, 4) is 0 Å². The summed E-state index contributed by atoms with van der Waals surface area (Å²) in [6.07, 6.45) is 0. The van der Waals surface area contributed by atoms with Gasteiger partial charge in [0.15, 0.2) is 0 Å². The van der Waals surface area contributed by atoms with Gasteiger partial charge >= 0.3 is 5.97 Å². The van der Waals surface area contributed by atoms with Crippen molar-refractivity contribution >= 4 is 17.3 Å². The summed E-state index contributed by atoms with van der Waals surface area (Å²) in [5.74, 6) is -0.875. The Bertz CT molecular complexity index is 570. The van der Waals surface area contributed by atoms with E-state index in [9.17, 15) is 4.79 Å². The average Bonchev–Trinajstić information content (AvgIpc) is 2.69. The average molecular weight is 275 g/mol. The Morgan fingerprint density at radius 2 is 2.00 bits per heavy atom. The molecule has 2 aromatic rings. The zero-order valence-electron chi connectivity index (χ0n) is 11.1. The van der Waals surface area contributed by atoms with Gasteiger partial charge in [-0.25, -0.2) is 4.79 Å². The van der Waals surface area contributed by atoms with Crippen LogP contribution in [0.25, 0.3) is 0 Å². The Labute approximate surface area is 116 Å². The number of rotatable bonds is 5. The number of aryl methyl sites for hydroxylation is 2. The summed E-state index contributed by atoms with van der Waals surface area (Å²) in [6.45, 7) is 5.56. The molecule has 0 aliphatic rings. The van der Waals surface area contributed by atoms with E-state index < -0.39 is 5.97 Å². The third kappa shape index (κ3) is 3.43. The summed E-state index contributed by atoms with van der Waals surface area (Å²) in [6, 6.07) is 9.28. The standard InChI is InChI=1S/C15H17NO2S/c1-10-7-13(19-11(10)2)9-16-8-12-5-3-4-6-14(12)15(17)18/h3-7,16H,8-9H2,1-2H3,(H,17,18). The van der Waals surface area contributed by atoms with Crippen LogP contribution in [0, 0.1) is 13.8 Å². The zero-order valence-corrected chi connectivity index (χ0v) is 11.9. The summed E-state index contributed by atoms with van der Waals surface area (Å²) in [7, 11) is 0. The highest BCUT2D eigenvalue weighted by Gasteiger charge is 2.08. The summed E-state index contributed by atoms with van der Waals surface area (Å²) >= 11 is 1.78. The van der Waals surface area contributed by atoms with Crippen molar-refractivity contribution in [2.75, 3.05) is 0 Å². The van der Waals surface area contributed by atoms with E-state index in [-0.39, 0.29) is 0 Å². The molecule has 0 saturated carbocycles. The van der Waals surface area contributed by atoms with Crippen LogP contribution in [-0.2, 0) is 13.1 Å². The van der Waals surface area contributed by atoms with Crippen molar-refractivity contribution in [3.63, 3.8) is 0 Å². The van der Waals surface area contributed by atoms with E-state index in [0.29, 0.717) is 12.1 Å². The summed E-state index contributed by atoms with van der Waals surface area (Å²) < 4.78 is 0. The normalized spacial score (nSPS) is 10.6. The number of hydrogen-bond donors (Lipinski definition) is 2. The highest BCUT2D eigenvalue weighted by molar-refractivity contribution is 7.12.